The van der Waals surface area contributed by atoms with Gasteiger partial charge in [0.1, 0.15) is 0 Å². The zero-order chi connectivity index (χ0) is 29.1. The zero-order valence-corrected chi connectivity index (χ0v) is 26.6. The third kappa shape index (κ3) is 8.50. The molecule has 2 saturated carbocycles. The second-order valence-corrected chi connectivity index (χ2v) is 14.0. The van der Waals surface area contributed by atoms with Gasteiger partial charge in [0, 0.05) is 12.8 Å². The Labute approximate surface area is 251 Å². The highest BCUT2D eigenvalue weighted by Crippen LogP contribution is 2.66. The molecule has 41 heavy (non-hydrogen) atoms. The molecule has 2 fully saturated rings. The molecule has 4 aliphatic carbocycles. The van der Waals surface area contributed by atoms with Crippen molar-refractivity contribution in [1.29, 1.82) is 0 Å². The maximum absolute atomic E-state index is 12.8. The van der Waals surface area contributed by atoms with E-state index in [2.05, 4.69) is 31.2 Å². The van der Waals surface area contributed by atoms with Crippen LogP contribution >= 0.6 is 0 Å². The molecule has 0 aromatic carbocycles. The first kappa shape index (κ1) is 32.3. The van der Waals surface area contributed by atoms with E-state index in [0.717, 1.165) is 43.9 Å². The fourth-order valence-corrected chi connectivity index (χ4v) is 9.89. The van der Waals surface area contributed by atoms with Gasteiger partial charge in [0.2, 0.25) is 0 Å². The maximum Gasteiger partial charge on any atom is 0.305 e. The van der Waals surface area contributed by atoms with Crippen LogP contribution in [-0.2, 0) is 19.1 Å². The molecule has 0 spiro atoms. The largest absolute Gasteiger partial charge is 0.466 e. The zero-order valence-electron chi connectivity index (χ0n) is 26.6. The summed E-state index contributed by atoms with van der Waals surface area (Å²) in [4.78, 5) is 25.5. The number of ether oxygens (including phenoxy) is 2. The van der Waals surface area contributed by atoms with Crippen LogP contribution in [0, 0.1) is 46.8 Å². The van der Waals surface area contributed by atoms with Crippen molar-refractivity contribution in [3.05, 3.63) is 24.3 Å². The van der Waals surface area contributed by atoms with Crippen LogP contribution in [0.1, 0.15) is 136 Å². The molecule has 4 heteroatoms. The summed E-state index contributed by atoms with van der Waals surface area (Å²) in [7, 11) is 0. The lowest BCUT2D eigenvalue weighted by atomic mass is 9.58. The number of carbonyl (C=O) groups is 2. The molecule has 232 valence electrons. The van der Waals surface area contributed by atoms with E-state index in [-0.39, 0.29) is 17.4 Å². The fraction of sp³-hybridized carbons (Fsp3) is 0.838. The third-order valence-electron chi connectivity index (χ3n) is 11.7. The van der Waals surface area contributed by atoms with Crippen molar-refractivity contribution >= 4 is 11.9 Å². The van der Waals surface area contributed by atoms with Crippen molar-refractivity contribution in [2.45, 2.75) is 136 Å². The van der Waals surface area contributed by atoms with E-state index in [0.29, 0.717) is 55.6 Å². The van der Waals surface area contributed by atoms with E-state index in [1.165, 1.54) is 70.6 Å². The lowest BCUT2D eigenvalue weighted by Gasteiger charge is -2.46. The summed E-state index contributed by atoms with van der Waals surface area (Å²) in [5, 5.41) is 0. The Hall–Kier alpha value is -1.58. The van der Waals surface area contributed by atoms with E-state index in [1.807, 2.05) is 13.8 Å². The van der Waals surface area contributed by atoms with Gasteiger partial charge in [-0.1, -0.05) is 63.3 Å². The first-order valence-corrected chi connectivity index (χ1v) is 17.6. The van der Waals surface area contributed by atoms with Gasteiger partial charge in [0.15, 0.2) is 0 Å². The molecule has 0 aromatic heterocycles. The molecule has 0 radical (unpaired) electrons. The van der Waals surface area contributed by atoms with E-state index in [9.17, 15) is 9.59 Å². The Kier molecular flexibility index (Phi) is 12.9. The minimum absolute atomic E-state index is 0.0248. The van der Waals surface area contributed by atoms with Gasteiger partial charge in [0.05, 0.1) is 13.2 Å². The number of fused-ring (bicyclic) bond motifs is 3. The van der Waals surface area contributed by atoms with Crippen LogP contribution < -0.4 is 0 Å². The summed E-state index contributed by atoms with van der Waals surface area (Å²) in [5.41, 5.74) is 0.168. The molecule has 0 aromatic rings. The van der Waals surface area contributed by atoms with Crippen LogP contribution in [0.2, 0.25) is 0 Å². The standard InChI is InChI=1S/C37H60O4/c1-4-40-35(38)23-22-29(26-30-17-11-9-7-6-8-10-16-28(30)3)27-37(25-24-36(39)41-5-2)33-20-14-12-18-31(33)32-19-13-15-21-34(32)37/h9,11-12,14,28-34H,4-8,10,13,15-27H2,1-3H3/b11-9-. The van der Waals surface area contributed by atoms with Gasteiger partial charge >= 0.3 is 11.9 Å². The number of carbonyl (C=O) groups excluding carboxylic acids is 2. The van der Waals surface area contributed by atoms with Crippen LogP contribution in [0.4, 0.5) is 0 Å². The van der Waals surface area contributed by atoms with E-state index >= 15 is 0 Å². The molecule has 4 nitrogen and oxygen atoms in total. The number of rotatable bonds is 12. The average Bonchev–Trinajstić information content (AvgIpc) is 3.25. The quantitative estimate of drug-likeness (QED) is 0.174. The molecule has 4 aliphatic rings. The second-order valence-electron chi connectivity index (χ2n) is 14.0. The lowest BCUT2D eigenvalue weighted by molar-refractivity contribution is -0.144. The number of hydrogen-bond acceptors (Lipinski definition) is 4. The van der Waals surface area contributed by atoms with Crippen LogP contribution in [0.15, 0.2) is 24.3 Å². The Balaban J connectivity index is 1.64. The van der Waals surface area contributed by atoms with Crippen molar-refractivity contribution in [1.82, 2.24) is 0 Å². The van der Waals surface area contributed by atoms with Crippen LogP contribution in [0.5, 0.6) is 0 Å². The van der Waals surface area contributed by atoms with Gasteiger partial charge in [-0.15, -0.1) is 0 Å². The minimum Gasteiger partial charge on any atom is -0.466 e. The number of allylic oxidation sites excluding steroid dienone is 4. The maximum atomic E-state index is 12.8. The van der Waals surface area contributed by atoms with E-state index in [4.69, 9.17) is 9.47 Å². The lowest BCUT2D eigenvalue weighted by Crippen LogP contribution is -2.38. The molecule has 0 amide bonds. The van der Waals surface area contributed by atoms with Crippen LogP contribution in [0.3, 0.4) is 0 Å². The summed E-state index contributed by atoms with van der Waals surface area (Å²) in [5.74, 6) is 4.68. The third-order valence-corrected chi connectivity index (χ3v) is 11.7. The van der Waals surface area contributed by atoms with Gasteiger partial charge in [-0.2, -0.15) is 0 Å². The molecule has 0 saturated heterocycles. The van der Waals surface area contributed by atoms with Crippen LogP contribution in [0.25, 0.3) is 0 Å². The average molecular weight is 569 g/mol. The smallest absolute Gasteiger partial charge is 0.305 e. The molecule has 4 rings (SSSR count). The fourth-order valence-electron chi connectivity index (χ4n) is 9.89. The van der Waals surface area contributed by atoms with Gasteiger partial charge in [0.25, 0.3) is 0 Å². The summed E-state index contributed by atoms with van der Waals surface area (Å²) in [6.07, 6.45) is 30.5. The molecule has 0 bridgehead atoms. The van der Waals surface area contributed by atoms with Gasteiger partial charge in [-0.25, -0.2) is 0 Å². The normalized spacial score (nSPS) is 35.1. The SMILES string of the molecule is CCOC(=O)CCC(CC1C/C=C\CCCCCC1C)CC1(CCC(=O)OCC)C2CC=CCC2C2CCCCC21. The Morgan fingerprint density at radius 1 is 0.780 bits per heavy atom. The van der Waals surface area contributed by atoms with Gasteiger partial charge < -0.3 is 9.47 Å². The van der Waals surface area contributed by atoms with Gasteiger partial charge in [-0.05, 0) is 131 Å². The number of hydrogen-bond donors (Lipinski definition) is 0. The Morgan fingerprint density at radius 3 is 2.29 bits per heavy atom. The Bertz CT molecular complexity index is 876. The molecule has 0 N–H and O–H groups in total. The first-order valence-electron chi connectivity index (χ1n) is 17.6. The molecule has 8 atom stereocenters. The van der Waals surface area contributed by atoms with Crippen molar-refractivity contribution in [2.24, 2.45) is 46.8 Å². The van der Waals surface area contributed by atoms with Crippen molar-refractivity contribution < 1.29 is 19.1 Å². The molecular formula is C37H60O4. The van der Waals surface area contributed by atoms with Crippen molar-refractivity contribution in [3.63, 3.8) is 0 Å². The van der Waals surface area contributed by atoms with E-state index in [1.54, 1.807) is 0 Å². The van der Waals surface area contributed by atoms with E-state index < -0.39 is 0 Å². The predicted octanol–water partition coefficient (Wildman–Crippen LogP) is 9.62. The second kappa shape index (κ2) is 16.3. The molecular weight excluding hydrogens is 508 g/mol. The summed E-state index contributed by atoms with van der Waals surface area (Å²) in [6.45, 7) is 7.22. The molecule has 0 aliphatic heterocycles. The monoisotopic (exact) mass is 568 g/mol. The van der Waals surface area contributed by atoms with Crippen molar-refractivity contribution in [3.8, 4) is 0 Å². The van der Waals surface area contributed by atoms with Crippen LogP contribution in [-0.4, -0.2) is 25.2 Å². The summed E-state index contributed by atoms with van der Waals surface area (Å²) in [6, 6.07) is 0. The highest BCUT2D eigenvalue weighted by molar-refractivity contribution is 5.69. The highest BCUT2D eigenvalue weighted by atomic mass is 16.5. The molecule has 0 heterocycles. The van der Waals surface area contributed by atoms with Gasteiger partial charge in [-0.3, -0.25) is 9.59 Å². The summed E-state index contributed by atoms with van der Waals surface area (Å²) >= 11 is 0. The minimum atomic E-state index is -0.0441. The first-order chi connectivity index (χ1) is 20.0. The highest BCUT2D eigenvalue weighted by Gasteiger charge is 2.59. The van der Waals surface area contributed by atoms with Crippen molar-refractivity contribution in [2.75, 3.05) is 13.2 Å². The predicted molar refractivity (Wildman–Crippen MR) is 167 cm³/mol. The molecule has 8 unspecified atom stereocenters. The summed E-state index contributed by atoms with van der Waals surface area (Å²) < 4.78 is 10.9. The number of esters is 2. The topological polar surface area (TPSA) is 52.6 Å². The Morgan fingerprint density at radius 2 is 1.49 bits per heavy atom.